The molecule has 1 aromatic rings. The number of carbonyl (C=O) groups is 1. The average molecular weight is 292 g/mol. The monoisotopic (exact) mass is 292 g/mol. The van der Waals surface area contributed by atoms with Crippen LogP contribution in [0.2, 0.25) is 0 Å². The Kier molecular flexibility index (Phi) is 5.95. The molecule has 2 heterocycles. The molecule has 1 amide bonds. The number of rotatable bonds is 6. The van der Waals surface area contributed by atoms with E-state index in [0.29, 0.717) is 13.0 Å². The lowest BCUT2D eigenvalue weighted by molar-refractivity contribution is -0.122. The van der Waals surface area contributed by atoms with Crippen molar-refractivity contribution in [2.75, 3.05) is 31.2 Å². The topological polar surface area (TPSA) is 80.5 Å². The van der Waals surface area contributed by atoms with Gasteiger partial charge in [-0.15, -0.1) is 0 Å². The molecule has 1 aromatic heterocycles. The summed E-state index contributed by atoms with van der Waals surface area (Å²) in [5.74, 6) is 0.852. The van der Waals surface area contributed by atoms with Crippen LogP contribution in [0.5, 0.6) is 0 Å². The Morgan fingerprint density at radius 1 is 1.48 bits per heavy atom. The summed E-state index contributed by atoms with van der Waals surface area (Å²) < 4.78 is 5.32. The number of pyridine rings is 1. The highest BCUT2D eigenvalue weighted by Crippen LogP contribution is 2.12. The minimum atomic E-state index is -0.421. The molecule has 0 saturated carbocycles. The Balaban J connectivity index is 1.83. The third kappa shape index (κ3) is 4.68. The second kappa shape index (κ2) is 7.95. The molecule has 21 heavy (non-hydrogen) atoms. The fourth-order valence-corrected chi connectivity index (χ4v) is 2.26. The summed E-state index contributed by atoms with van der Waals surface area (Å²) in [6.07, 6.45) is 3.42. The van der Waals surface area contributed by atoms with Crippen molar-refractivity contribution < 1.29 is 9.53 Å². The van der Waals surface area contributed by atoms with Crippen LogP contribution in [-0.2, 0) is 16.1 Å². The summed E-state index contributed by atoms with van der Waals surface area (Å²) in [5.41, 5.74) is 6.74. The second-order valence-electron chi connectivity index (χ2n) is 5.24. The summed E-state index contributed by atoms with van der Waals surface area (Å²) in [5, 5.41) is 2.84. The van der Waals surface area contributed by atoms with Gasteiger partial charge in [-0.3, -0.25) is 4.79 Å². The molecule has 0 aliphatic carbocycles. The Morgan fingerprint density at radius 2 is 2.24 bits per heavy atom. The Morgan fingerprint density at radius 3 is 2.86 bits per heavy atom. The largest absolute Gasteiger partial charge is 0.378 e. The molecule has 0 aromatic carbocycles. The van der Waals surface area contributed by atoms with Crippen molar-refractivity contribution in [3.63, 3.8) is 0 Å². The number of nitrogens with zero attached hydrogens (tertiary/aromatic N) is 2. The van der Waals surface area contributed by atoms with E-state index in [0.717, 1.165) is 44.1 Å². The minimum absolute atomic E-state index is 0.103. The number of hydrogen-bond donors (Lipinski definition) is 2. The molecule has 1 unspecified atom stereocenters. The highest BCUT2D eigenvalue weighted by atomic mass is 16.5. The first-order valence-corrected chi connectivity index (χ1v) is 7.51. The molecule has 3 N–H and O–H groups in total. The molecule has 1 fully saturated rings. The van der Waals surface area contributed by atoms with E-state index in [1.54, 1.807) is 6.20 Å². The quantitative estimate of drug-likeness (QED) is 0.805. The van der Waals surface area contributed by atoms with Gasteiger partial charge in [-0.25, -0.2) is 4.98 Å². The molecule has 1 aliphatic rings. The highest BCUT2D eigenvalue weighted by Gasteiger charge is 2.13. The number of carbonyl (C=O) groups excluding carboxylic acids is 1. The lowest BCUT2D eigenvalue weighted by Crippen LogP contribution is -2.40. The average Bonchev–Trinajstić information content (AvgIpc) is 2.54. The van der Waals surface area contributed by atoms with Gasteiger partial charge in [0.25, 0.3) is 0 Å². The lowest BCUT2D eigenvalue weighted by atomic mass is 10.1. The molecule has 0 bridgehead atoms. The van der Waals surface area contributed by atoms with E-state index in [-0.39, 0.29) is 5.91 Å². The van der Waals surface area contributed by atoms with Crippen molar-refractivity contribution in [1.29, 1.82) is 0 Å². The van der Waals surface area contributed by atoms with Crippen LogP contribution in [0.3, 0.4) is 0 Å². The summed E-state index contributed by atoms with van der Waals surface area (Å²) in [4.78, 5) is 18.4. The number of nitrogens with two attached hydrogens (primary N) is 1. The van der Waals surface area contributed by atoms with Crippen LogP contribution in [0.15, 0.2) is 18.3 Å². The van der Waals surface area contributed by atoms with Gasteiger partial charge < -0.3 is 20.7 Å². The first-order valence-electron chi connectivity index (χ1n) is 7.51. The lowest BCUT2D eigenvalue weighted by Gasteiger charge is -2.27. The van der Waals surface area contributed by atoms with Crippen molar-refractivity contribution in [1.82, 2.24) is 10.3 Å². The minimum Gasteiger partial charge on any atom is -0.378 e. The standard InChI is InChI=1S/C15H24N4O2/c1-2-3-13(16)15(20)18-11-12-4-5-14(17-10-12)19-6-8-21-9-7-19/h4-5,10,13H,2-3,6-9,11,16H2,1H3,(H,18,20). The van der Waals surface area contributed by atoms with E-state index in [1.165, 1.54) is 0 Å². The van der Waals surface area contributed by atoms with Crippen molar-refractivity contribution >= 4 is 11.7 Å². The molecule has 1 atom stereocenters. The van der Waals surface area contributed by atoms with E-state index < -0.39 is 6.04 Å². The van der Waals surface area contributed by atoms with Crippen molar-refractivity contribution in [3.05, 3.63) is 23.9 Å². The van der Waals surface area contributed by atoms with E-state index in [4.69, 9.17) is 10.5 Å². The first-order chi connectivity index (χ1) is 10.2. The van der Waals surface area contributed by atoms with Gasteiger partial charge in [0.15, 0.2) is 0 Å². The fraction of sp³-hybridized carbons (Fsp3) is 0.600. The molecular formula is C15H24N4O2. The number of morpholine rings is 1. The molecular weight excluding hydrogens is 268 g/mol. The smallest absolute Gasteiger partial charge is 0.237 e. The summed E-state index contributed by atoms with van der Waals surface area (Å²) in [6, 6.07) is 3.55. The maximum Gasteiger partial charge on any atom is 0.237 e. The SMILES string of the molecule is CCCC(N)C(=O)NCc1ccc(N2CCOCC2)nc1. The number of amides is 1. The van der Waals surface area contributed by atoms with Crippen LogP contribution in [0.25, 0.3) is 0 Å². The molecule has 6 heteroatoms. The molecule has 6 nitrogen and oxygen atoms in total. The van der Waals surface area contributed by atoms with Gasteiger partial charge in [0.05, 0.1) is 19.3 Å². The predicted molar refractivity (Wildman–Crippen MR) is 82.0 cm³/mol. The fourth-order valence-electron chi connectivity index (χ4n) is 2.26. The van der Waals surface area contributed by atoms with Crippen molar-refractivity contribution in [3.8, 4) is 0 Å². The molecule has 1 saturated heterocycles. The van der Waals surface area contributed by atoms with Gasteiger partial charge in [-0.2, -0.15) is 0 Å². The molecule has 1 aliphatic heterocycles. The summed E-state index contributed by atoms with van der Waals surface area (Å²) >= 11 is 0. The van der Waals surface area contributed by atoms with Crippen molar-refractivity contribution in [2.45, 2.75) is 32.4 Å². The van der Waals surface area contributed by atoms with E-state index in [9.17, 15) is 4.79 Å². The number of aromatic nitrogens is 1. The van der Waals surface area contributed by atoms with Gasteiger partial charge in [0.1, 0.15) is 5.82 Å². The maximum absolute atomic E-state index is 11.7. The number of ether oxygens (including phenoxy) is 1. The Bertz CT molecular complexity index is 443. The maximum atomic E-state index is 11.7. The zero-order chi connectivity index (χ0) is 15.1. The van der Waals surface area contributed by atoms with Crippen LogP contribution in [0.1, 0.15) is 25.3 Å². The number of anilines is 1. The molecule has 0 radical (unpaired) electrons. The third-order valence-electron chi connectivity index (χ3n) is 3.55. The molecule has 0 spiro atoms. The van der Waals surface area contributed by atoms with E-state index in [1.807, 2.05) is 19.1 Å². The first kappa shape index (κ1) is 15.7. The van der Waals surface area contributed by atoms with Crippen LogP contribution in [0, 0.1) is 0 Å². The van der Waals surface area contributed by atoms with Crippen molar-refractivity contribution in [2.24, 2.45) is 5.73 Å². The van der Waals surface area contributed by atoms with Gasteiger partial charge in [-0.05, 0) is 18.1 Å². The second-order valence-corrected chi connectivity index (χ2v) is 5.24. The van der Waals surface area contributed by atoms with E-state index in [2.05, 4.69) is 15.2 Å². The highest BCUT2D eigenvalue weighted by molar-refractivity contribution is 5.81. The third-order valence-corrected chi connectivity index (χ3v) is 3.55. The van der Waals surface area contributed by atoms with Gasteiger partial charge in [-0.1, -0.05) is 19.4 Å². The normalized spacial score (nSPS) is 16.6. The Labute approximate surface area is 125 Å². The van der Waals surface area contributed by atoms with Gasteiger partial charge >= 0.3 is 0 Å². The molecule has 116 valence electrons. The zero-order valence-electron chi connectivity index (χ0n) is 12.5. The van der Waals surface area contributed by atoms with Crippen LogP contribution >= 0.6 is 0 Å². The van der Waals surface area contributed by atoms with E-state index >= 15 is 0 Å². The van der Waals surface area contributed by atoms with Crippen LogP contribution in [0.4, 0.5) is 5.82 Å². The zero-order valence-corrected chi connectivity index (χ0v) is 12.5. The van der Waals surface area contributed by atoms with Gasteiger partial charge in [0.2, 0.25) is 5.91 Å². The summed E-state index contributed by atoms with van der Waals surface area (Å²) in [6.45, 7) is 5.71. The number of hydrogen-bond acceptors (Lipinski definition) is 5. The van der Waals surface area contributed by atoms with Gasteiger partial charge in [0, 0.05) is 25.8 Å². The van der Waals surface area contributed by atoms with Crippen LogP contribution in [-0.4, -0.2) is 43.2 Å². The van der Waals surface area contributed by atoms with Crippen LogP contribution < -0.4 is 16.0 Å². The number of nitrogens with one attached hydrogen (secondary N) is 1. The summed E-state index contributed by atoms with van der Waals surface area (Å²) in [7, 11) is 0. The predicted octanol–water partition coefficient (Wildman–Crippen LogP) is 0.662. The molecule has 2 rings (SSSR count). The Hall–Kier alpha value is -1.66.